The summed E-state index contributed by atoms with van der Waals surface area (Å²) in [5.74, 6) is 1.59. The largest absolute Gasteiger partial charge is 0.487 e. The summed E-state index contributed by atoms with van der Waals surface area (Å²) in [6.45, 7) is 1.90. The summed E-state index contributed by atoms with van der Waals surface area (Å²) in [6, 6.07) is 11.5. The van der Waals surface area contributed by atoms with Gasteiger partial charge in [-0.1, -0.05) is 23.1 Å². The molecule has 35 heavy (non-hydrogen) atoms. The smallest absolute Gasteiger partial charge is 0.262 e. The Morgan fingerprint density at radius 1 is 0.857 bits per heavy atom. The molecule has 3 aromatic rings. The number of nitrogens with one attached hydrogen (secondary N) is 2. The minimum absolute atomic E-state index is 0. The predicted octanol–water partition coefficient (Wildman–Crippen LogP) is 2.42. The Labute approximate surface area is 210 Å². The Hall–Kier alpha value is -2.74. The van der Waals surface area contributed by atoms with E-state index in [2.05, 4.69) is 20.2 Å². The fraction of sp³-hybridized carbons (Fsp3) is 0.364. The molecule has 3 rings (SSSR count). The molecule has 0 amide bonds. The Bertz CT molecular complexity index is 1150. The zero-order valence-electron chi connectivity index (χ0n) is 19.4. The molecule has 0 aliphatic carbocycles. The zero-order chi connectivity index (χ0) is 24.2. The first kappa shape index (κ1) is 28.5. The van der Waals surface area contributed by atoms with Crippen molar-refractivity contribution in [1.82, 2.24) is 14.9 Å². The summed E-state index contributed by atoms with van der Waals surface area (Å²) in [7, 11) is -0.553. The third-order valence-electron chi connectivity index (χ3n) is 4.51. The molecule has 0 saturated heterocycles. The Morgan fingerprint density at radius 2 is 1.51 bits per heavy atom. The molecule has 0 atom stereocenters. The van der Waals surface area contributed by atoms with Crippen LogP contribution in [-0.4, -0.2) is 72.2 Å². The van der Waals surface area contributed by atoms with Gasteiger partial charge in [0, 0.05) is 32.2 Å². The van der Waals surface area contributed by atoms with Crippen LogP contribution in [0.4, 0.5) is 5.82 Å². The van der Waals surface area contributed by atoms with Crippen LogP contribution in [0.3, 0.4) is 0 Å². The van der Waals surface area contributed by atoms with Gasteiger partial charge in [0.25, 0.3) is 10.0 Å². The lowest BCUT2D eigenvalue weighted by Crippen LogP contribution is -2.26. The Kier molecular flexibility index (Phi) is 11.9. The monoisotopic (exact) mass is 528 g/mol. The molecule has 0 spiro atoms. The summed E-state index contributed by atoms with van der Waals surface area (Å²) in [6.07, 6.45) is 1.42. The van der Waals surface area contributed by atoms with Crippen molar-refractivity contribution in [3.8, 4) is 11.5 Å². The maximum Gasteiger partial charge on any atom is 0.262 e. The lowest BCUT2D eigenvalue weighted by atomic mass is 10.2. The zero-order valence-corrected chi connectivity index (χ0v) is 21.1. The summed E-state index contributed by atoms with van der Waals surface area (Å²) in [5.41, 5.74) is 0.648. The number of fused-ring (bicyclic) bond motifs is 1. The lowest BCUT2D eigenvalue weighted by Gasteiger charge is -2.15. The summed E-state index contributed by atoms with van der Waals surface area (Å²) >= 11 is 0. The number of hydrogen-bond acceptors (Lipinski definition) is 10. The van der Waals surface area contributed by atoms with E-state index in [1.807, 2.05) is 0 Å². The highest BCUT2D eigenvalue weighted by atomic mass is 35.5. The Morgan fingerprint density at radius 3 is 2.17 bits per heavy atom. The van der Waals surface area contributed by atoms with Crippen molar-refractivity contribution in [2.45, 2.75) is 4.90 Å². The van der Waals surface area contributed by atoms with E-state index in [4.69, 9.17) is 23.8 Å². The van der Waals surface area contributed by atoms with Gasteiger partial charge >= 0.3 is 0 Å². The molecule has 0 aliphatic heterocycles. The van der Waals surface area contributed by atoms with Gasteiger partial charge in [-0.3, -0.25) is 4.84 Å². The molecule has 2 N–H and O–H groups in total. The van der Waals surface area contributed by atoms with Crippen molar-refractivity contribution >= 4 is 39.2 Å². The molecule has 0 aliphatic rings. The van der Waals surface area contributed by atoms with Crippen LogP contribution in [0.1, 0.15) is 0 Å². The molecular formula is C22H29ClN4O7S. The topological polar surface area (TPSA) is 130 Å². The number of hydrogen-bond donors (Lipinski definition) is 2. The number of anilines is 1. The van der Waals surface area contributed by atoms with Crippen molar-refractivity contribution in [2.75, 3.05) is 59.1 Å². The summed E-state index contributed by atoms with van der Waals surface area (Å²) < 4.78 is 46.1. The van der Waals surface area contributed by atoms with Gasteiger partial charge < -0.3 is 24.3 Å². The average molecular weight is 529 g/mol. The van der Waals surface area contributed by atoms with Crippen LogP contribution in [0.5, 0.6) is 11.5 Å². The molecule has 1 heterocycles. The van der Waals surface area contributed by atoms with Crippen molar-refractivity contribution < 1.29 is 32.2 Å². The van der Waals surface area contributed by atoms with E-state index in [0.29, 0.717) is 54.6 Å². The normalized spacial score (nSPS) is 11.1. The maximum atomic E-state index is 12.2. The molecule has 192 valence electrons. The number of nitrogens with zero attached hydrogens (tertiary/aromatic N) is 2. The van der Waals surface area contributed by atoms with Gasteiger partial charge in [0.1, 0.15) is 25.4 Å². The second-order valence-corrected chi connectivity index (χ2v) is 8.54. The average Bonchev–Trinajstić information content (AvgIpc) is 2.85. The highest BCUT2D eigenvalue weighted by Gasteiger charge is 2.14. The molecule has 1 aromatic heterocycles. The van der Waals surface area contributed by atoms with Crippen molar-refractivity contribution in [3.05, 3.63) is 48.8 Å². The van der Waals surface area contributed by atoms with Crippen LogP contribution in [-0.2, 0) is 24.3 Å². The van der Waals surface area contributed by atoms with E-state index < -0.39 is 10.0 Å². The number of ether oxygens (including phenoxy) is 4. The van der Waals surface area contributed by atoms with Crippen LogP contribution >= 0.6 is 12.4 Å². The molecule has 0 unspecified atom stereocenters. The molecule has 13 heteroatoms. The van der Waals surface area contributed by atoms with Gasteiger partial charge in [0.15, 0.2) is 11.5 Å². The second kappa shape index (κ2) is 14.6. The highest BCUT2D eigenvalue weighted by molar-refractivity contribution is 7.89. The lowest BCUT2D eigenvalue weighted by molar-refractivity contribution is 0.102. The molecular weight excluding hydrogens is 500 g/mol. The van der Waals surface area contributed by atoms with Crippen LogP contribution in [0.25, 0.3) is 10.9 Å². The van der Waals surface area contributed by atoms with E-state index in [1.165, 1.54) is 18.5 Å². The van der Waals surface area contributed by atoms with Gasteiger partial charge in [-0.05, 0) is 18.2 Å². The van der Waals surface area contributed by atoms with Crippen LogP contribution in [0.15, 0.2) is 53.7 Å². The van der Waals surface area contributed by atoms with E-state index in [-0.39, 0.29) is 30.5 Å². The molecule has 0 bridgehead atoms. The minimum Gasteiger partial charge on any atom is -0.487 e. The van der Waals surface area contributed by atoms with E-state index in [0.717, 1.165) is 0 Å². The van der Waals surface area contributed by atoms with Gasteiger partial charge in [-0.15, -0.1) is 12.4 Å². The van der Waals surface area contributed by atoms with Crippen LogP contribution < -0.4 is 19.7 Å². The van der Waals surface area contributed by atoms with E-state index in [1.54, 1.807) is 44.6 Å². The molecule has 11 nitrogen and oxygen atoms in total. The number of methoxy groups -OCH3 is 2. The first-order chi connectivity index (χ1) is 16.5. The SMILES string of the molecule is COCCOc1cc2ncnc(NCCONS(=O)(=O)c3ccccc3)c2cc1OCCOC.Cl. The Balaban J connectivity index is 0.00000432. The van der Waals surface area contributed by atoms with E-state index >= 15 is 0 Å². The first-order valence-electron chi connectivity index (χ1n) is 10.5. The third-order valence-corrected chi connectivity index (χ3v) is 5.74. The fourth-order valence-corrected chi connectivity index (χ4v) is 3.74. The number of halogens is 1. The van der Waals surface area contributed by atoms with Crippen LogP contribution in [0, 0.1) is 0 Å². The van der Waals surface area contributed by atoms with Gasteiger partial charge in [-0.25, -0.2) is 18.4 Å². The highest BCUT2D eigenvalue weighted by Crippen LogP contribution is 2.34. The number of benzene rings is 2. The number of sulfonamides is 1. The summed E-state index contributed by atoms with van der Waals surface area (Å²) in [4.78, 5) is 16.0. The van der Waals surface area contributed by atoms with Crippen molar-refractivity contribution in [3.63, 3.8) is 0 Å². The van der Waals surface area contributed by atoms with Gasteiger partial charge in [-0.2, -0.15) is 0 Å². The van der Waals surface area contributed by atoms with Gasteiger partial charge in [0.2, 0.25) is 0 Å². The third kappa shape index (κ3) is 8.46. The minimum atomic E-state index is -3.75. The van der Waals surface area contributed by atoms with Crippen LogP contribution in [0.2, 0.25) is 0 Å². The second-order valence-electron chi connectivity index (χ2n) is 6.90. The first-order valence-corrected chi connectivity index (χ1v) is 12.0. The molecule has 0 fully saturated rings. The van der Waals surface area contributed by atoms with Crippen molar-refractivity contribution in [1.29, 1.82) is 0 Å². The van der Waals surface area contributed by atoms with Crippen molar-refractivity contribution in [2.24, 2.45) is 0 Å². The summed E-state index contributed by atoms with van der Waals surface area (Å²) in [5, 5.41) is 3.84. The predicted molar refractivity (Wildman–Crippen MR) is 133 cm³/mol. The fourth-order valence-electron chi connectivity index (χ4n) is 2.89. The standard InChI is InChI=1S/C22H28N4O7S.ClH/c1-29-10-12-31-20-14-18-19(15-21(20)32-13-11-30-2)24-16-25-22(18)23-8-9-33-26-34(27,28)17-6-4-3-5-7-17;/h3-7,14-16,26H,8-13H2,1-2H3,(H,23,24,25);1H. The van der Waals surface area contributed by atoms with Gasteiger partial charge in [0.05, 0.1) is 30.2 Å². The quantitative estimate of drug-likeness (QED) is 0.224. The van der Waals surface area contributed by atoms with E-state index in [9.17, 15) is 8.42 Å². The molecule has 0 saturated carbocycles. The molecule has 2 aromatic carbocycles. The molecule has 0 radical (unpaired) electrons. The number of aromatic nitrogens is 2. The maximum absolute atomic E-state index is 12.2. The number of rotatable bonds is 15.